The molecule has 0 radical (unpaired) electrons. The highest BCUT2D eigenvalue weighted by Crippen LogP contribution is 2.32. The second kappa shape index (κ2) is 1.97. The lowest BCUT2D eigenvalue weighted by Crippen LogP contribution is -1.96. The van der Waals surface area contributed by atoms with Gasteiger partial charge >= 0.3 is 0 Å². The van der Waals surface area contributed by atoms with Crippen LogP contribution in [-0.4, -0.2) is 6.21 Å². The Hall–Kier alpha value is -1.05. The molecule has 0 fully saturated rings. The number of nitrogens with zero attached hydrogens (tertiary/aromatic N) is 1. The molecule has 1 aromatic rings. The van der Waals surface area contributed by atoms with Crippen LogP contribution in [0.3, 0.4) is 0 Å². The van der Waals surface area contributed by atoms with E-state index in [0.29, 0.717) is 5.92 Å². The minimum atomic E-state index is 0.575. The Labute approximate surface area is 59.6 Å². The van der Waals surface area contributed by atoms with E-state index in [0.717, 1.165) is 12.1 Å². The van der Waals surface area contributed by atoms with Gasteiger partial charge in [-0.2, -0.15) is 0 Å². The van der Waals surface area contributed by atoms with Crippen LogP contribution in [-0.2, 0) is 0 Å². The number of furan rings is 1. The van der Waals surface area contributed by atoms with Gasteiger partial charge in [-0.05, 0) is 12.3 Å². The summed E-state index contributed by atoms with van der Waals surface area (Å²) in [5.74, 6) is 0.575. The quantitative estimate of drug-likeness (QED) is 0.536. The van der Waals surface area contributed by atoms with E-state index < -0.39 is 0 Å². The normalized spacial score (nSPS) is 22.7. The lowest BCUT2D eigenvalue weighted by atomic mass is 9.98. The monoisotopic (exact) mass is 135 g/mol. The van der Waals surface area contributed by atoms with Crippen LogP contribution in [0.2, 0.25) is 0 Å². The van der Waals surface area contributed by atoms with E-state index in [1.54, 1.807) is 12.5 Å². The molecule has 0 bridgehead atoms. The topological polar surface area (TPSA) is 25.5 Å². The maximum Gasteiger partial charge on any atom is 0.116 e. The molecule has 2 heteroatoms. The fraction of sp³-hybridized carbons (Fsp3) is 0.375. The van der Waals surface area contributed by atoms with Crippen LogP contribution in [0.15, 0.2) is 21.9 Å². The summed E-state index contributed by atoms with van der Waals surface area (Å²) in [6.45, 7) is 2.18. The Kier molecular flexibility index (Phi) is 1.13. The van der Waals surface area contributed by atoms with Crippen LogP contribution in [0.25, 0.3) is 0 Å². The van der Waals surface area contributed by atoms with Gasteiger partial charge in [0, 0.05) is 11.8 Å². The zero-order chi connectivity index (χ0) is 6.97. The summed E-state index contributed by atoms with van der Waals surface area (Å²) in [5.41, 5.74) is 2.24. The van der Waals surface area contributed by atoms with Crippen molar-refractivity contribution in [2.24, 2.45) is 4.99 Å². The molecule has 1 aliphatic rings. The molecule has 2 nitrogen and oxygen atoms in total. The minimum Gasteiger partial charge on any atom is -0.470 e. The molecule has 0 aliphatic carbocycles. The van der Waals surface area contributed by atoms with Gasteiger partial charge in [0.15, 0.2) is 0 Å². The molecule has 2 heterocycles. The molecular weight excluding hydrogens is 126 g/mol. The predicted octanol–water partition coefficient (Wildman–Crippen LogP) is 2.49. The third-order valence-electron chi connectivity index (χ3n) is 1.89. The highest BCUT2D eigenvalue weighted by molar-refractivity contribution is 5.69. The molecule has 52 valence electrons. The van der Waals surface area contributed by atoms with Crippen LogP contribution in [0, 0.1) is 0 Å². The standard InChI is InChI=1S/C8H9NO/c1-6-2-3-9-8-5-10-4-7(6)8/h3-6H,2H2,1H3. The molecule has 1 atom stereocenters. The third kappa shape index (κ3) is 0.685. The van der Waals surface area contributed by atoms with Crippen molar-refractivity contribution < 1.29 is 4.42 Å². The van der Waals surface area contributed by atoms with Crippen molar-refractivity contribution in [2.45, 2.75) is 19.3 Å². The van der Waals surface area contributed by atoms with E-state index in [1.807, 2.05) is 6.21 Å². The van der Waals surface area contributed by atoms with Crippen molar-refractivity contribution in [3.05, 3.63) is 18.1 Å². The Balaban J connectivity index is 2.52. The summed E-state index contributed by atoms with van der Waals surface area (Å²) in [4.78, 5) is 4.18. The summed E-state index contributed by atoms with van der Waals surface area (Å²) < 4.78 is 5.02. The SMILES string of the molecule is CC1CC=Nc2cocc21. The third-order valence-corrected chi connectivity index (χ3v) is 1.89. The van der Waals surface area contributed by atoms with E-state index in [-0.39, 0.29) is 0 Å². The molecular formula is C8H9NO. The lowest BCUT2D eigenvalue weighted by molar-refractivity contribution is 0.562. The summed E-state index contributed by atoms with van der Waals surface area (Å²) in [6.07, 6.45) is 6.47. The summed E-state index contributed by atoms with van der Waals surface area (Å²) in [7, 11) is 0. The number of hydrogen-bond acceptors (Lipinski definition) is 2. The molecule has 1 aromatic heterocycles. The van der Waals surface area contributed by atoms with Gasteiger partial charge in [-0.15, -0.1) is 0 Å². The molecule has 0 aromatic carbocycles. The predicted molar refractivity (Wildman–Crippen MR) is 39.9 cm³/mol. The van der Waals surface area contributed by atoms with Crippen LogP contribution in [0.4, 0.5) is 5.69 Å². The smallest absolute Gasteiger partial charge is 0.116 e. The van der Waals surface area contributed by atoms with Crippen molar-refractivity contribution in [2.75, 3.05) is 0 Å². The Bertz CT molecular complexity index is 262. The Morgan fingerprint density at radius 2 is 2.50 bits per heavy atom. The maximum absolute atomic E-state index is 5.02. The van der Waals surface area contributed by atoms with Crippen LogP contribution >= 0.6 is 0 Å². The fourth-order valence-corrected chi connectivity index (χ4v) is 1.21. The highest BCUT2D eigenvalue weighted by atomic mass is 16.3. The number of hydrogen-bond donors (Lipinski definition) is 0. The van der Waals surface area contributed by atoms with Gasteiger partial charge in [0.2, 0.25) is 0 Å². The number of aliphatic imine (C=N–C) groups is 1. The van der Waals surface area contributed by atoms with Gasteiger partial charge in [-0.3, -0.25) is 4.99 Å². The summed E-state index contributed by atoms with van der Waals surface area (Å²) >= 11 is 0. The maximum atomic E-state index is 5.02. The molecule has 1 aliphatic heterocycles. The van der Waals surface area contributed by atoms with Crippen LogP contribution in [0.5, 0.6) is 0 Å². The molecule has 0 saturated carbocycles. The molecule has 0 spiro atoms. The van der Waals surface area contributed by atoms with E-state index in [1.165, 1.54) is 5.56 Å². The second-order valence-corrected chi connectivity index (χ2v) is 2.66. The first-order chi connectivity index (χ1) is 4.88. The Morgan fingerprint density at radius 1 is 1.60 bits per heavy atom. The summed E-state index contributed by atoms with van der Waals surface area (Å²) in [5, 5.41) is 0. The van der Waals surface area contributed by atoms with E-state index >= 15 is 0 Å². The average Bonchev–Trinajstić information content (AvgIpc) is 2.36. The van der Waals surface area contributed by atoms with Crippen molar-refractivity contribution in [3.63, 3.8) is 0 Å². The van der Waals surface area contributed by atoms with Crippen LogP contribution < -0.4 is 0 Å². The fourth-order valence-electron chi connectivity index (χ4n) is 1.21. The first-order valence-corrected chi connectivity index (χ1v) is 3.46. The minimum absolute atomic E-state index is 0.575. The van der Waals surface area contributed by atoms with Gasteiger partial charge in [0.25, 0.3) is 0 Å². The average molecular weight is 135 g/mol. The molecule has 2 rings (SSSR count). The molecule has 1 unspecified atom stereocenters. The lowest BCUT2D eigenvalue weighted by Gasteiger charge is -2.10. The second-order valence-electron chi connectivity index (χ2n) is 2.66. The number of fused-ring (bicyclic) bond motifs is 1. The van der Waals surface area contributed by atoms with Gasteiger partial charge in [-0.25, -0.2) is 0 Å². The zero-order valence-corrected chi connectivity index (χ0v) is 5.87. The van der Waals surface area contributed by atoms with Gasteiger partial charge < -0.3 is 4.42 Å². The van der Waals surface area contributed by atoms with Crippen molar-refractivity contribution in [1.29, 1.82) is 0 Å². The van der Waals surface area contributed by atoms with Crippen LogP contribution in [0.1, 0.15) is 24.8 Å². The van der Waals surface area contributed by atoms with Crippen molar-refractivity contribution >= 4 is 11.9 Å². The first kappa shape index (κ1) is 5.71. The molecule has 10 heavy (non-hydrogen) atoms. The Morgan fingerprint density at radius 3 is 3.30 bits per heavy atom. The van der Waals surface area contributed by atoms with Gasteiger partial charge in [-0.1, -0.05) is 6.92 Å². The van der Waals surface area contributed by atoms with Gasteiger partial charge in [0.05, 0.1) is 6.26 Å². The van der Waals surface area contributed by atoms with Crippen molar-refractivity contribution in [3.8, 4) is 0 Å². The molecule has 0 saturated heterocycles. The summed E-state index contributed by atoms with van der Waals surface area (Å²) in [6, 6.07) is 0. The molecule has 0 amide bonds. The van der Waals surface area contributed by atoms with Gasteiger partial charge in [0.1, 0.15) is 12.0 Å². The number of rotatable bonds is 0. The largest absolute Gasteiger partial charge is 0.470 e. The van der Waals surface area contributed by atoms with E-state index in [2.05, 4.69) is 11.9 Å². The van der Waals surface area contributed by atoms with E-state index in [9.17, 15) is 0 Å². The van der Waals surface area contributed by atoms with E-state index in [4.69, 9.17) is 4.42 Å². The first-order valence-electron chi connectivity index (χ1n) is 3.46. The highest BCUT2D eigenvalue weighted by Gasteiger charge is 2.14. The molecule has 0 N–H and O–H groups in total. The van der Waals surface area contributed by atoms with Crippen molar-refractivity contribution in [1.82, 2.24) is 0 Å². The zero-order valence-electron chi connectivity index (χ0n) is 5.87.